The topological polar surface area (TPSA) is 63.9 Å². The molecule has 0 bridgehead atoms. The molecule has 1 aliphatic heterocycles. The molecule has 5 rings (SSSR count). The van der Waals surface area contributed by atoms with Crippen molar-refractivity contribution in [2.45, 2.75) is 46.6 Å². The Labute approximate surface area is 204 Å². The van der Waals surface area contributed by atoms with Crippen molar-refractivity contribution in [2.75, 3.05) is 4.90 Å². The number of aromatic nitrogens is 4. The first kappa shape index (κ1) is 22.3. The number of fused-ring (bicyclic) bond motifs is 1. The minimum absolute atomic E-state index is 0.0403. The van der Waals surface area contributed by atoms with Crippen LogP contribution in [0.3, 0.4) is 0 Å². The molecule has 3 heterocycles. The van der Waals surface area contributed by atoms with E-state index in [-0.39, 0.29) is 11.8 Å². The molecule has 2 aromatic heterocycles. The van der Waals surface area contributed by atoms with Gasteiger partial charge in [-0.05, 0) is 57.0 Å². The molecule has 1 aliphatic rings. The summed E-state index contributed by atoms with van der Waals surface area (Å²) in [4.78, 5) is 24.7. The predicted octanol–water partition coefficient (Wildman–Crippen LogP) is 5.62. The maximum atomic E-state index is 13.6. The van der Waals surface area contributed by atoms with Crippen molar-refractivity contribution in [3.8, 4) is 5.95 Å². The van der Waals surface area contributed by atoms with Crippen molar-refractivity contribution in [2.24, 2.45) is 0 Å². The van der Waals surface area contributed by atoms with Crippen molar-refractivity contribution >= 4 is 23.3 Å². The Morgan fingerprint density at radius 3 is 2.24 bits per heavy atom. The SMILES string of the molecule is Cc1ccc(CN2C(=O)C[C@@H](c3ccc(Cl)cc3)c3c(C)nn(-c4nc(C)cc(C)n4)c32)cc1. The van der Waals surface area contributed by atoms with Crippen molar-refractivity contribution in [3.05, 3.63) is 99.0 Å². The summed E-state index contributed by atoms with van der Waals surface area (Å²) in [6.07, 6.45) is 0.362. The Bertz CT molecular complexity index is 1360. The van der Waals surface area contributed by atoms with E-state index < -0.39 is 0 Å². The van der Waals surface area contributed by atoms with Crippen LogP contribution in [0.5, 0.6) is 0 Å². The van der Waals surface area contributed by atoms with Crippen molar-refractivity contribution in [1.82, 2.24) is 19.7 Å². The minimum atomic E-state index is -0.117. The molecule has 34 heavy (non-hydrogen) atoms. The van der Waals surface area contributed by atoms with Crippen LogP contribution in [0.1, 0.15) is 51.7 Å². The summed E-state index contributed by atoms with van der Waals surface area (Å²) in [6.45, 7) is 8.37. The van der Waals surface area contributed by atoms with Gasteiger partial charge in [-0.25, -0.2) is 9.97 Å². The summed E-state index contributed by atoms with van der Waals surface area (Å²) in [5, 5.41) is 5.52. The minimum Gasteiger partial charge on any atom is -0.292 e. The Kier molecular flexibility index (Phi) is 5.70. The zero-order chi connectivity index (χ0) is 24.0. The second kappa shape index (κ2) is 8.69. The molecule has 0 spiro atoms. The first-order valence-corrected chi connectivity index (χ1v) is 11.7. The van der Waals surface area contributed by atoms with Gasteiger partial charge >= 0.3 is 0 Å². The highest BCUT2D eigenvalue weighted by Crippen LogP contribution is 2.43. The van der Waals surface area contributed by atoms with Crippen LogP contribution in [-0.2, 0) is 11.3 Å². The van der Waals surface area contributed by atoms with E-state index in [4.69, 9.17) is 16.7 Å². The van der Waals surface area contributed by atoms with Gasteiger partial charge in [0.1, 0.15) is 5.82 Å². The maximum absolute atomic E-state index is 13.6. The highest BCUT2D eigenvalue weighted by Gasteiger charge is 2.38. The highest BCUT2D eigenvalue weighted by molar-refractivity contribution is 6.30. The van der Waals surface area contributed by atoms with E-state index in [1.807, 2.05) is 56.0 Å². The molecule has 1 amide bonds. The van der Waals surface area contributed by atoms with Crippen LogP contribution < -0.4 is 4.90 Å². The zero-order valence-corrected chi connectivity index (χ0v) is 20.5. The lowest BCUT2D eigenvalue weighted by atomic mass is 9.85. The van der Waals surface area contributed by atoms with E-state index in [1.54, 1.807) is 4.68 Å². The summed E-state index contributed by atoms with van der Waals surface area (Å²) < 4.78 is 1.73. The molecular weight excluding hydrogens is 446 g/mol. The van der Waals surface area contributed by atoms with E-state index in [2.05, 4.69) is 41.2 Å². The van der Waals surface area contributed by atoms with Crippen molar-refractivity contribution in [3.63, 3.8) is 0 Å². The molecule has 172 valence electrons. The van der Waals surface area contributed by atoms with Crippen LogP contribution in [0.25, 0.3) is 5.95 Å². The number of hydrogen-bond donors (Lipinski definition) is 0. The van der Waals surface area contributed by atoms with Crippen LogP contribution >= 0.6 is 11.6 Å². The normalized spacial score (nSPS) is 15.5. The maximum Gasteiger partial charge on any atom is 0.252 e. The average Bonchev–Trinajstić information content (AvgIpc) is 3.14. The number of aryl methyl sites for hydroxylation is 4. The summed E-state index contributed by atoms with van der Waals surface area (Å²) >= 11 is 6.14. The molecule has 0 radical (unpaired) electrons. The summed E-state index contributed by atoms with van der Waals surface area (Å²) in [5.41, 5.74) is 6.87. The van der Waals surface area contributed by atoms with Gasteiger partial charge in [-0.3, -0.25) is 9.69 Å². The molecule has 1 atom stereocenters. The van der Waals surface area contributed by atoms with E-state index in [0.29, 0.717) is 23.9 Å². The first-order chi connectivity index (χ1) is 16.3. The molecule has 0 saturated heterocycles. The Morgan fingerprint density at radius 1 is 0.941 bits per heavy atom. The first-order valence-electron chi connectivity index (χ1n) is 11.3. The monoisotopic (exact) mass is 471 g/mol. The van der Waals surface area contributed by atoms with E-state index in [0.717, 1.165) is 39.6 Å². The fourth-order valence-electron chi connectivity index (χ4n) is 4.66. The molecule has 2 aromatic carbocycles. The van der Waals surface area contributed by atoms with E-state index in [1.165, 1.54) is 5.56 Å². The Balaban J connectivity index is 1.70. The summed E-state index contributed by atoms with van der Waals surface area (Å²) in [6, 6.07) is 17.9. The molecule has 7 heteroatoms. The van der Waals surface area contributed by atoms with Crippen molar-refractivity contribution in [1.29, 1.82) is 0 Å². The predicted molar refractivity (Wildman–Crippen MR) is 134 cm³/mol. The lowest BCUT2D eigenvalue weighted by molar-refractivity contribution is -0.119. The van der Waals surface area contributed by atoms with E-state index in [9.17, 15) is 4.79 Å². The second-order valence-corrected chi connectivity index (χ2v) is 9.40. The number of nitrogens with zero attached hydrogens (tertiary/aromatic N) is 5. The fourth-order valence-corrected chi connectivity index (χ4v) is 4.79. The average molecular weight is 472 g/mol. The second-order valence-electron chi connectivity index (χ2n) is 8.96. The summed E-state index contributed by atoms with van der Waals surface area (Å²) in [7, 11) is 0. The molecule has 4 aromatic rings. The fraction of sp³-hybridized carbons (Fsp3) is 0.259. The number of rotatable bonds is 4. The Morgan fingerprint density at radius 2 is 1.59 bits per heavy atom. The largest absolute Gasteiger partial charge is 0.292 e. The van der Waals surface area contributed by atoms with Crippen LogP contribution in [0.15, 0.2) is 54.6 Å². The highest BCUT2D eigenvalue weighted by atomic mass is 35.5. The molecule has 0 fully saturated rings. The van der Waals surface area contributed by atoms with Crippen LogP contribution in [0.2, 0.25) is 5.02 Å². The number of hydrogen-bond acceptors (Lipinski definition) is 4. The van der Waals surface area contributed by atoms with Crippen molar-refractivity contribution < 1.29 is 4.79 Å². The van der Waals surface area contributed by atoms with Gasteiger partial charge < -0.3 is 0 Å². The van der Waals surface area contributed by atoms with Gasteiger partial charge in [0.15, 0.2) is 0 Å². The van der Waals surface area contributed by atoms with Crippen LogP contribution in [0, 0.1) is 27.7 Å². The van der Waals surface area contributed by atoms with Crippen LogP contribution in [-0.4, -0.2) is 25.7 Å². The number of benzene rings is 2. The molecule has 6 nitrogen and oxygen atoms in total. The summed E-state index contributed by atoms with van der Waals surface area (Å²) in [5.74, 6) is 1.13. The van der Waals surface area contributed by atoms with Gasteiger partial charge in [-0.2, -0.15) is 9.78 Å². The number of carbonyl (C=O) groups excluding carboxylic acids is 1. The molecule has 0 unspecified atom stereocenters. The molecule has 0 aliphatic carbocycles. The number of anilines is 1. The smallest absolute Gasteiger partial charge is 0.252 e. The standard InChI is InChI=1S/C27H26ClN5O/c1-16-5-7-20(8-6-16)15-32-24(34)14-23(21-9-11-22(28)12-10-21)25-19(4)31-33(26(25)32)27-29-17(2)13-18(3)30-27/h5-13,23H,14-15H2,1-4H3/t23-/m0/s1. The number of carbonyl (C=O) groups is 1. The lowest BCUT2D eigenvalue weighted by Gasteiger charge is -2.33. The van der Waals surface area contributed by atoms with Gasteiger partial charge in [0, 0.05) is 34.3 Å². The molecule has 0 saturated carbocycles. The number of halogens is 1. The van der Waals surface area contributed by atoms with Gasteiger partial charge in [-0.1, -0.05) is 53.6 Å². The lowest BCUT2D eigenvalue weighted by Crippen LogP contribution is -2.38. The Hall–Kier alpha value is -3.51. The van der Waals surface area contributed by atoms with Gasteiger partial charge in [-0.15, -0.1) is 0 Å². The third-order valence-electron chi connectivity index (χ3n) is 6.26. The third kappa shape index (κ3) is 4.10. The van der Waals surface area contributed by atoms with E-state index >= 15 is 0 Å². The van der Waals surface area contributed by atoms with Gasteiger partial charge in [0.05, 0.1) is 12.2 Å². The van der Waals surface area contributed by atoms with Crippen LogP contribution in [0.4, 0.5) is 5.82 Å². The molecule has 0 N–H and O–H groups in total. The van der Waals surface area contributed by atoms with Gasteiger partial charge in [0.25, 0.3) is 5.95 Å². The third-order valence-corrected chi connectivity index (χ3v) is 6.51. The van der Waals surface area contributed by atoms with Gasteiger partial charge in [0.2, 0.25) is 5.91 Å². The zero-order valence-electron chi connectivity index (χ0n) is 19.7. The number of amides is 1. The quantitative estimate of drug-likeness (QED) is 0.387. The molecular formula is C27H26ClN5O.